The maximum absolute atomic E-state index is 13.4. The lowest BCUT2D eigenvalue weighted by atomic mass is 10.1. The molecule has 1 amide bonds. The van der Waals surface area contributed by atoms with Crippen LogP contribution in [-0.2, 0) is 14.6 Å². The van der Waals surface area contributed by atoms with Gasteiger partial charge in [-0.05, 0) is 37.1 Å². The zero-order chi connectivity index (χ0) is 19.6. The number of anilines is 1. The van der Waals surface area contributed by atoms with Crippen molar-refractivity contribution in [3.63, 3.8) is 0 Å². The molecule has 2 aliphatic rings. The molecule has 148 valence electrons. The van der Waals surface area contributed by atoms with Gasteiger partial charge in [-0.3, -0.25) is 4.79 Å². The Kier molecular flexibility index (Phi) is 5.02. The number of rotatable bonds is 4. The molecule has 1 saturated carbocycles. The highest BCUT2D eigenvalue weighted by atomic mass is 32.2. The number of sulfone groups is 1. The molecule has 0 radical (unpaired) electrons. The van der Waals surface area contributed by atoms with E-state index in [0.717, 1.165) is 6.42 Å². The standard InChI is InChI=1S/C21H23NO5S/c23-20(22-16-9-10-18-19(15-16)27-14-6-13-26-18)21(11-4-5-12-21)28(24,25)17-7-2-1-3-8-17/h1-3,7-10,15H,4-6,11-14H2,(H,22,23). The van der Waals surface area contributed by atoms with Gasteiger partial charge in [0, 0.05) is 18.2 Å². The van der Waals surface area contributed by atoms with E-state index in [2.05, 4.69) is 5.32 Å². The van der Waals surface area contributed by atoms with Crippen molar-refractivity contribution >= 4 is 21.4 Å². The van der Waals surface area contributed by atoms with Crippen LogP contribution in [0.1, 0.15) is 32.1 Å². The molecule has 0 unspecified atom stereocenters. The fourth-order valence-corrected chi connectivity index (χ4v) is 5.96. The van der Waals surface area contributed by atoms with Crippen molar-refractivity contribution in [3.8, 4) is 11.5 Å². The second-order valence-electron chi connectivity index (χ2n) is 7.18. The molecule has 1 fully saturated rings. The molecule has 0 bridgehead atoms. The van der Waals surface area contributed by atoms with Crippen molar-refractivity contribution in [1.82, 2.24) is 0 Å². The summed E-state index contributed by atoms with van der Waals surface area (Å²) in [4.78, 5) is 13.4. The first-order chi connectivity index (χ1) is 13.5. The zero-order valence-electron chi connectivity index (χ0n) is 15.5. The average Bonchev–Trinajstić information content (AvgIpc) is 3.11. The van der Waals surface area contributed by atoms with E-state index in [1.807, 2.05) is 0 Å². The van der Waals surface area contributed by atoms with Gasteiger partial charge in [0.2, 0.25) is 5.91 Å². The first kappa shape index (κ1) is 18.8. The van der Waals surface area contributed by atoms with Gasteiger partial charge >= 0.3 is 0 Å². The second kappa shape index (κ2) is 7.47. The molecule has 7 heteroatoms. The number of hydrogen-bond donors (Lipinski definition) is 1. The lowest BCUT2D eigenvalue weighted by molar-refractivity contribution is -0.118. The fourth-order valence-electron chi connectivity index (χ4n) is 3.88. The van der Waals surface area contributed by atoms with Gasteiger partial charge in [-0.15, -0.1) is 0 Å². The summed E-state index contributed by atoms with van der Waals surface area (Å²) >= 11 is 0. The quantitative estimate of drug-likeness (QED) is 0.847. The molecule has 1 heterocycles. The Morgan fingerprint density at radius 3 is 2.29 bits per heavy atom. The molecule has 2 aromatic carbocycles. The minimum Gasteiger partial charge on any atom is -0.490 e. The molecule has 0 spiro atoms. The van der Waals surface area contributed by atoms with Crippen molar-refractivity contribution in [2.45, 2.75) is 41.7 Å². The molecule has 1 aliphatic carbocycles. The second-order valence-corrected chi connectivity index (χ2v) is 9.44. The van der Waals surface area contributed by atoms with Crippen LogP contribution in [0.4, 0.5) is 5.69 Å². The molecule has 6 nitrogen and oxygen atoms in total. The summed E-state index contributed by atoms with van der Waals surface area (Å²) in [5.41, 5.74) is 0.504. The third-order valence-electron chi connectivity index (χ3n) is 5.40. The highest BCUT2D eigenvalue weighted by Gasteiger charge is 2.52. The van der Waals surface area contributed by atoms with E-state index in [9.17, 15) is 13.2 Å². The minimum absolute atomic E-state index is 0.186. The van der Waals surface area contributed by atoms with Gasteiger partial charge in [0.15, 0.2) is 26.1 Å². The topological polar surface area (TPSA) is 81.7 Å². The van der Waals surface area contributed by atoms with Gasteiger partial charge in [0.1, 0.15) is 0 Å². The van der Waals surface area contributed by atoms with E-state index < -0.39 is 20.5 Å². The molecule has 1 N–H and O–H groups in total. The van der Waals surface area contributed by atoms with Gasteiger partial charge < -0.3 is 14.8 Å². The largest absolute Gasteiger partial charge is 0.490 e. The first-order valence-electron chi connectivity index (χ1n) is 9.54. The van der Waals surface area contributed by atoms with Crippen LogP contribution in [0, 0.1) is 0 Å². The van der Waals surface area contributed by atoms with Gasteiger partial charge in [-0.2, -0.15) is 0 Å². The summed E-state index contributed by atoms with van der Waals surface area (Å²) < 4.78 is 36.5. The van der Waals surface area contributed by atoms with E-state index >= 15 is 0 Å². The van der Waals surface area contributed by atoms with Gasteiger partial charge in [-0.1, -0.05) is 31.0 Å². The maximum Gasteiger partial charge on any atom is 0.246 e. The number of carbonyl (C=O) groups excluding carboxylic acids is 1. The molecule has 0 saturated heterocycles. The van der Waals surface area contributed by atoms with Crippen LogP contribution >= 0.6 is 0 Å². The maximum atomic E-state index is 13.4. The molecule has 0 atom stereocenters. The SMILES string of the molecule is O=C(Nc1ccc2c(c1)OCCCO2)C1(S(=O)(=O)c2ccccc2)CCCC1. The summed E-state index contributed by atoms with van der Waals surface area (Å²) in [6.45, 7) is 1.12. The fraction of sp³-hybridized carbons (Fsp3) is 0.381. The van der Waals surface area contributed by atoms with Crippen molar-refractivity contribution < 1.29 is 22.7 Å². The van der Waals surface area contributed by atoms with E-state index in [1.54, 1.807) is 48.5 Å². The first-order valence-corrected chi connectivity index (χ1v) is 11.0. The third kappa shape index (κ3) is 3.24. The van der Waals surface area contributed by atoms with Crippen molar-refractivity contribution in [3.05, 3.63) is 48.5 Å². The Hall–Kier alpha value is -2.54. The highest BCUT2D eigenvalue weighted by molar-refractivity contribution is 7.93. The Bertz CT molecular complexity index is 966. The molecule has 0 aromatic heterocycles. The third-order valence-corrected chi connectivity index (χ3v) is 7.91. The number of carbonyl (C=O) groups is 1. The van der Waals surface area contributed by atoms with Crippen LogP contribution in [0.2, 0.25) is 0 Å². The molecule has 28 heavy (non-hydrogen) atoms. The number of nitrogens with one attached hydrogen (secondary N) is 1. The summed E-state index contributed by atoms with van der Waals surface area (Å²) in [6.07, 6.45) is 2.84. The monoisotopic (exact) mass is 401 g/mol. The van der Waals surface area contributed by atoms with Gasteiger partial charge in [0.05, 0.1) is 18.1 Å². The molecular formula is C21H23NO5S. The van der Waals surface area contributed by atoms with E-state index in [1.165, 1.54) is 0 Å². The number of ether oxygens (including phenoxy) is 2. The average molecular weight is 401 g/mol. The molecular weight excluding hydrogens is 378 g/mol. The van der Waals surface area contributed by atoms with Crippen molar-refractivity contribution in [2.75, 3.05) is 18.5 Å². The normalized spacial score (nSPS) is 18.3. The Morgan fingerprint density at radius 1 is 0.893 bits per heavy atom. The summed E-state index contributed by atoms with van der Waals surface area (Å²) in [5, 5.41) is 2.82. The zero-order valence-corrected chi connectivity index (χ0v) is 16.3. The van der Waals surface area contributed by atoms with E-state index in [-0.39, 0.29) is 4.90 Å². The predicted molar refractivity (Wildman–Crippen MR) is 106 cm³/mol. The van der Waals surface area contributed by atoms with Crippen molar-refractivity contribution in [1.29, 1.82) is 0 Å². The summed E-state index contributed by atoms with van der Waals surface area (Å²) in [7, 11) is -3.81. The molecule has 2 aromatic rings. The minimum atomic E-state index is -3.81. The highest BCUT2D eigenvalue weighted by Crippen LogP contribution is 2.42. The van der Waals surface area contributed by atoms with Gasteiger partial charge in [-0.25, -0.2) is 8.42 Å². The van der Waals surface area contributed by atoms with Crippen LogP contribution in [0.3, 0.4) is 0 Å². The smallest absolute Gasteiger partial charge is 0.246 e. The summed E-state index contributed by atoms with van der Waals surface area (Å²) in [5.74, 6) is 0.702. The number of fused-ring (bicyclic) bond motifs is 1. The van der Waals surface area contributed by atoms with E-state index in [4.69, 9.17) is 9.47 Å². The number of hydrogen-bond acceptors (Lipinski definition) is 5. The lowest BCUT2D eigenvalue weighted by Gasteiger charge is -2.27. The Balaban J connectivity index is 1.64. The van der Waals surface area contributed by atoms with Crippen LogP contribution in [0.25, 0.3) is 0 Å². The van der Waals surface area contributed by atoms with Crippen LogP contribution < -0.4 is 14.8 Å². The van der Waals surface area contributed by atoms with Crippen LogP contribution in [-0.4, -0.2) is 32.3 Å². The Labute approximate surface area is 164 Å². The number of benzene rings is 2. The van der Waals surface area contributed by atoms with Crippen LogP contribution in [0.5, 0.6) is 11.5 Å². The van der Waals surface area contributed by atoms with Crippen LogP contribution in [0.15, 0.2) is 53.4 Å². The number of amides is 1. The summed E-state index contributed by atoms with van der Waals surface area (Å²) in [6, 6.07) is 13.4. The van der Waals surface area contributed by atoms with Gasteiger partial charge in [0.25, 0.3) is 0 Å². The van der Waals surface area contributed by atoms with Crippen molar-refractivity contribution in [2.24, 2.45) is 0 Å². The lowest BCUT2D eigenvalue weighted by Crippen LogP contribution is -2.47. The molecule has 1 aliphatic heterocycles. The predicted octanol–water partition coefficient (Wildman–Crippen LogP) is 3.57. The molecule has 4 rings (SSSR count). The van der Waals surface area contributed by atoms with E-state index in [0.29, 0.717) is 56.1 Å². The Morgan fingerprint density at radius 2 is 1.57 bits per heavy atom.